The molecule has 3 saturated carbocycles. The van der Waals surface area contributed by atoms with Gasteiger partial charge in [0.2, 0.25) is 5.91 Å². The second-order valence-electron chi connectivity index (χ2n) is 12.0. The molecule has 1 aliphatic heterocycles. The highest BCUT2D eigenvalue weighted by molar-refractivity contribution is 6.47. The van der Waals surface area contributed by atoms with Crippen LogP contribution in [0.3, 0.4) is 0 Å². The van der Waals surface area contributed by atoms with E-state index in [1.54, 1.807) is 12.1 Å². The van der Waals surface area contributed by atoms with E-state index in [2.05, 4.69) is 30.8 Å². The van der Waals surface area contributed by atoms with Crippen LogP contribution in [0.2, 0.25) is 5.82 Å². The van der Waals surface area contributed by atoms with Crippen molar-refractivity contribution in [3.05, 3.63) is 65.7 Å². The van der Waals surface area contributed by atoms with Crippen molar-refractivity contribution >= 4 is 13.0 Å². The summed E-state index contributed by atoms with van der Waals surface area (Å²) in [6, 6.07) is 14.6. The van der Waals surface area contributed by atoms with E-state index < -0.39 is 25.1 Å². The molecule has 2 bridgehead atoms. The molecule has 2 aromatic carbocycles. The average Bonchev–Trinajstić information content (AvgIpc) is 3.24. The molecule has 4 fully saturated rings. The number of carbonyl (C=O) groups excluding carboxylic acids is 1. The van der Waals surface area contributed by atoms with Crippen LogP contribution in [0.15, 0.2) is 54.6 Å². The third-order valence-electron chi connectivity index (χ3n) is 9.18. The monoisotopic (exact) mass is 544 g/mol. The van der Waals surface area contributed by atoms with Gasteiger partial charge in [0.05, 0.1) is 17.7 Å². The van der Waals surface area contributed by atoms with Crippen LogP contribution in [0.25, 0.3) is 0 Å². The maximum absolute atomic E-state index is 12.9. The molecule has 6 atom stereocenters. The van der Waals surface area contributed by atoms with Crippen molar-refractivity contribution in [1.82, 2.24) is 5.32 Å². The van der Waals surface area contributed by atoms with Crippen LogP contribution < -0.4 is 15.8 Å². The van der Waals surface area contributed by atoms with Crippen LogP contribution in [-0.2, 0) is 26.9 Å². The molecule has 6 rings (SSSR count). The first-order chi connectivity index (χ1) is 18.3. The molecule has 0 radical (unpaired) electrons. The van der Waals surface area contributed by atoms with Crippen LogP contribution >= 0.6 is 0 Å². The third kappa shape index (κ3) is 5.83. The van der Waals surface area contributed by atoms with Gasteiger partial charge in [0, 0.05) is 12.4 Å². The zero-order valence-corrected chi connectivity index (χ0v) is 22.5. The highest BCUT2D eigenvalue weighted by Crippen LogP contribution is 2.66. The number of rotatable bonds is 9. The Balaban J connectivity index is 1.29. The summed E-state index contributed by atoms with van der Waals surface area (Å²) < 4.78 is 55.0. The van der Waals surface area contributed by atoms with Crippen LogP contribution in [0, 0.1) is 17.3 Å². The van der Waals surface area contributed by atoms with Gasteiger partial charge >= 0.3 is 13.5 Å². The summed E-state index contributed by atoms with van der Waals surface area (Å²) in [7, 11) is -0.563. The number of halogens is 3. The molecule has 39 heavy (non-hydrogen) atoms. The van der Waals surface area contributed by atoms with E-state index in [0.717, 1.165) is 24.0 Å². The molecule has 6 unspecified atom stereocenters. The number of nitrogens with one attached hydrogen (secondary N) is 1. The van der Waals surface area contributed by atoms with Gasteiger partial charge in [0.25, 0.3) is 0 Å². The van der Waals surface area contributed by atoms with Crippen LogP contribution in [0.1, 0.15) is 44.7 Å². The lowest BCUT2D eigenvalue weighted by molar-refractivity contribution is -0.274. The fourth-order valence-electron chi connectivity index (χ4n) is 6.82. The molecule has 210 valence electrons. The average molecular weight is 544 g/mol. The second-order valence-corrected chi connectivity index (χ2v) is 12.0. The van der Waals surface area contributed by atoms with Crippen LogP contribution in [0.4, 0.5) is 13.2 Å². The van der Waals surface area contributed by atoms with E-state index in [-0.39, 0.29) is 35.5 Å². The zero-order chi connectivity index (χ0) is 28.0. The Bertz CT molecular complexity index is 1160. The van der Waals surface area contributed by atoms with Crippen molar-refractivity contribution in [2.24, 2.45) is 23.0 Å². The molecule has 3 aliphatic carbocycles. The highest BCUT2D eigenvalue weighted by Gasteiger charge is 2.68. The minimum atomic E-state index is -4.75. The highest BCUT2D eigenvalue weighted by atomic mass is 19.4. The van der Waals surface area contributed by atoms with E-state index in [0.29, 0.717) is 24.7 Å². The molecule has 0 aromatic heterocycles. The summed E-state index contributed by atoms with van der Waals surface area (Å²) in [4.78, 5) is 12.9. The fraction of sp³-hybridized carbons (Fsp3) is 0.552. The number of amides is 1. The van der Waals surface area contributed by atoms with E-state index in [4.69, 9.17) is 15.0 Å². The molecule has 1 heterocycles. The molecule has 0 spiro atoms. The van der Waals surface area contributed by atoms with Crippen molar-refractivity contribution in [3.63, 3.8) is 0 Å². The lowest BCUT2D eigenvalue weighted by Gasteiger charge is -2.64. The normalized spacial score (nSPS) is 28.7. The minimum absolute atomic E-state index is 0.0274. The van der Waals surface area contributed by atoms with Gasteiger partial charge < -0.3 is 25.1 Å². The SMILES string of the molecule is CC1(C)C2CC3OB(C(CNC(=O)C(N)Cc4ccccc4)Cc4ccc(OC(F)(F)F)cc4)OC3(C)C1C2. The summed E-state index contributed by atoms with van der Waals surface area (Å²) in [5, 5.41) is 2.98. The molecule has 1 saturated heterocycles. The molecular weight excluding hydrogens is 508 g/mol. The first kappa shape index (κ1) is 28.0. The Labute approximate surface area is 227 Å². The molecule has 2 aromatic rings. The van der Waals surface area contributed by atoms with E-state index in [1.165, 1.54) is 12.1 Å². The predicted molar refractivity (Wildman–Crippen MR) is 142 cm³/mol. The van der Waals surface area contributed by atoms with Gasteiger partial charge in [0.15, 0.2) is 0 Å². The number of ether oxygens (including phenoxy) is 1. The summed E-state index contributed by atoms with van der Waals surface area (Å²) in [5.41, 5.74) is 7.72. The molecule has 10 heteroatoms. The molecule has 4 aliphatic rings. The molecule has 6 nitrogen and oxygen atoms in total. The Hall–Kier alpha value is -2.56. The van der Waals surface area contributed by atoms with Crippen molar-refractivity contribution in [1.29, 1.82) is 0 Å². The zero-order valence-electron chi connectivity index (χ0n) is 22.5. The van der Waals surface area contributed by atoms with Crippen molar-refractivity contribution in [2.45, 2.75) is 76.4 Å². The largest absolute Gasteiger partial charge is 0.573 e. The summed E-state index contributed by atoms with van der Waals surface area (Å²) >= 11 is 0. The number of nitrogens with two attached hydrogens (primary N) is 1. The van der Waals surface area contributed by atoms with Crippen LogP contribution in [-0.4, -0.2) is 43.7 Å². The molecule has 1 amide bonds. The number of hydrogen-bond acceptors (Lipinski definition) is 5. The number of alkyl halides is 3. The first-order valence-corrected chi connectivity index (χ1v) is 13.6. The topological polar surface area (TPSA) is 82.8 Å². The molecule has 3 N–H and O–H groups in total. The van der Waals surface area contributed by atoms with Gasteiger partial charge in [0.1, 0.15) is 5.75 Å². The standard InChI is InChI=1S/C29H36BF3N2O4/c1-27(2)20-15-24(27)28(3)25(16-20)38-30(39-28)21(13-19-9-11-22(12-10-19)37-29(31,32)33)17-35-26(36)23(34)14-18-7-5-4-6-8-18/h4-12,20-21,23-25H,13-17,34H2,1-3H3,(H,35,36). The van der Waals surface area contributed by atoms with E-state index in [1.807, 2.05) is 30.3 Å². The first-order valence-electron chi connectivity index (χ1n) is 13.6. The Kier molecular flexibility index (Phi) is 7.50. The third-order valence-corrected chi connectivity index (χ3v) is 9.18. The summed E-state index contributed by atoms with van der Waals surface area (Å²) in [6.45, 7) is 6.97. The van der Waals surface area contributed by atoms with Gasteiger partial charge in [-0.1, -0.05) is 56.3 Å². The van der Waals surface area contributed by atoms with Crippen molar-refractivity contribution in [2.75, 3.05) is 6.54 Å². The van der Waals surface area contributed by atoms with E-state index in [9.17, 15) is 18.0 Å². The maximum Gasteiger partial charge on any atom is 0.573 e. The summed E-state index contributed by atoms with van der Waals surface area (Å²) in [5.74, 6) is 0.153. The lowest BCUT2D eigenvalue weighted by Crippen LogP contribution is -2.65. The summed E-state index contributed by atoms with van der Waals surface area (Å²) in [6.07, 6.45) is -1.88. The lowest BCUT2D eigenvalue weighted by atomic mass is 9.43. The van der Waals surface area contributed by atoms with Crippen molar-refractivity contribution in [3.8, 4) is 5.75 Å². The Morgan fingerprint density at radius 3 is 2.38 bits per heavy atom. The smallest absolute Gasteiger partial charge is 0.406 e. The van der Waals surface area contributed by atoms with Gasteiger partial charge in [-0.15, -0.1) is 13.2 Å². The number of benzene rings is 2. The van der Waals surface area contributed by atoms with Gasteiger partial charge in [-0.3, -0.25) is 4.79 Å². The number of carbonyl (C=O) groups is 1. The quantitative estimate of drug-likeness (QED) is 0.439. The Morgan fingerprint density at radius 1 is 1.08 bits per heavy atom. The fourth-order valence-corrected chi connectivity index (χ4v) is 6.82. The predicted octanol–water partition coefficient (Wildman–Crippen LogP) is 4.91. The number of hydrogen-bond donors (Lipinski definition) is 2. The Morgan fingerprint density at radius 2 is 1.74 bits per heavy atom. The maximum atomic E-state index is 12.9. The molecular formula is C29H36BF3N2O4. The second kappa shape index (κ2) is 10.4. The minimum Gasteiger partial charge on any atom is -0.406 e. The van der Waals surface area contributed by atoms with Gasteiger partial charge in [-0.05, 0) is 73.1 Å². The van der Waals surface area contributed by atoms with Crippen molar-refractivity contribution < 1.29 is 32.0 Å². The van der Waals surface area contributed by atoms with E-state index >= 15 is 0 Å². The van der Waals surface area contributed by atoms with Crippen LogP contribution in [0.5, 0.6) is 5.75 Å². The van der Waals surface area contributed by atoms with Gasteiger partial charge in [-0.2, -0.15) is 0 Å². The van der Waals surface area contributed by atoms with Gasteiger partial charge in [-0.25, -0.2) is 0 Å².